The molecule has 67 heavy (non-hydrogen) atoms. The topological polar surface area (TPSA) is 51.8 Å². The largest absolute Gasteiger partial charge is 0.307 e. The van der Waals surface area contributed by atoms with Crippen LogP contribution in [-0.2, 0) is 5.41 Å². The van der Waals surface area contributed by atoms with E-state index in [1.165, 1.54) is 21.9 Å². The van der Waals surface area contributed by atoms with Crippen molar-refractivity contribution in [1.82, 2.24) is 24.1 Å². The van der Waals surface area contributed by atoms with Crippen molar-refractivity contribution < 1.29 is 0 Å². The molecule has 4 heterocycles. The molecule has 0 fully saturated rings. The predicted molar refractivity (Wildman–Crippen MR) is 279 cm³/mol. The van der Waals surface area contributed by atoms with Crippen molar-refractivity contribution in [2.75, 3.05) is 4.90 Å². The standard InChI is InChI=1S/C61H48N6/c1-5-23-49-43(6-2)44-28-13-18-33-50(44)65(49)55-38-42(60-63-58(40-24-9-7-10-25-40)62-59(64-60)41-26-11-8-12-27-41)39-56(66-51-34-19-14-29-45(51)46-30-15-20-35-52(46)66)57(55)67-53-36-21-16-31-47(53)61(3,4)48-32-17-22-37-54(48)67/h5-26,28-39,41H,2,27H2,1,3-4H3/b23-5-. The molecule has 7 aromatic carbocycles. The van der Waals surface area contributed by atoms with Crippen molar-refractivity contribution in [2.24, 2.45) is 0 Å². The Kier molecular flexibility index (Phi) is 9.57. The average molecular weight is 865 g/mol. The maximum Gasteiger partial charge on any atom is 0.163 e. The van der Waals surface area contributed by atoms with Crippen LogP contribution in [-0.4, -0.2) is 24.1 Å². The summed E-state index contributed by atoms with van der Waals surface area (Å²) >= 11 is 0. The van der Waals surface area contributed by atoms with E-state index in [1.54, 1.807) is 0 Å². The molecule has 0 N–H and O–H groups in total. The molecule has 6 nitrogen and oxygen atoms in total. The Morgan fingerprint density at radius 2 is 1.10 bits per heavy atom. The number of aromatic nitrogens is 5. The van der Waals surface area contributed by atoms with Crippen LogP contribution in [0.1, 0.15) is 61.3 Å². The third-order valence-corrected chi connectivity index (χ3v) is 13.7. The summed E-state index contributed by atoms with van der Waals surface area (Å²) in [6.45, 7) is 11.2. The minimum absolute atomic E-state index is 0.000643. The molecule has 0 bridgehead atoms. The fraction of sp³-hybridized carbons (Fsp3) is 0.0984. The van der Waals surface area contributed by atoms with E-state index >= 15 is 0 Å². The highest BCUT2D eigenvalue weighted by Gasteiger charge is 2.39. The number of hydrogen-bond acceptors (Lipinski definition) is 4. The van der Waals surface area contributed by atoms with Gasteiger partial charge in [0.25, 0.3) is 0 Å². The number of fused-ring (bicyclic) bond motifs is 6. The summed E-state index contributed by atoms with van der Waals surface area (Å²) in [5.41, 5.74) is 14.6. The second-order valence-electron chi connectivity index (χ2n) is 17.9. The molecule has 0 saturated heterocycles. The normalized spacial score (nSPS) is 15.1. The molecule has 12 rings (SSSR count). The van der Waals surface area contributed by atoms with Crippen molar-refractivity contribution in [3.63, 3.8) is 0 Å². The zero-order valence-electron chi connectivity index (χ0n) is 37.8. The lowest BCUT2D eigenvalue weighted by atomic mass is 9.73. The van der Waals surface area contributed by atoms with Crippen LogP contribution >= 0.6 is 0 Å². The maximum atomic E-state index is 5.44. The summed E-state index contributed by atoms with van der Waals surface area (Å²) in [6, 6.07) is 59.0. The van der Waals surface area contributed by atoms with Gasteiger partial charge in [0.1, 0.15) is 5.82 Å². The van der Waals surface area contributed by atoms with E-state index in [4.69, 9.17) is 15.0 Å². The van der Waals surface area contributed by atoms with Gasteiger partial charge in [-0.05, 0) is 73.0 Å². The van der Waals surface area contributed by atoms with E-state index in [2.05, 4.69) is 223 Å². The van der Waals surface area contributed by atoms with E-state index < -0.39 is 0 Å². The molecule has 1 unspecified atom stereocenters. The summed E-state index contributed by atoms with van der Waals surface area (Å²) in [6.07, 6.45) is 15.7. The zero-order valence-corrected chi connectivity index (χ0v) is 37.8. The molecular weight excluding hydrogens is 817 g/mol. The first-order valence-corrected chi connectivity index (χ1v) is 23.1. The lowest BCUT2D eigenvalue weighted by molar-refractivity contribution is 0.631. The van der Waals surface area contributed by atoms with E-state index in [0.29, 0.717) is 11.6 Å². The average Bonchev–Trinajstić information content (AvgIpc) is 3.89. The summed E-state index contributed by atoms with van der Waals surface area (Å²) in [5.74, 6) is 1.99. The number of anilines is 3. The molecule has 0 spiro atoms. The Bertz CT molecular complexity index is 3590. The highest BCUT2D eigenvalue weighted by Crippen LogP contribution is 2.55. The number of nitrogens with zero attached hydrogens (tertiary/aromatic N) is 6. The molecule has 3 aromatic heterocycles. The molecule has 2 aliphatic rings. The second-order valence-corrected chi connectivity index (χ2v) is 17.9. The van der Waals surface area contributed by atoms with Crippen molar-refractivity contribution in [3.05, 3.63) is 229 Å². The number of allylic oxidation sites excluding steroid dienone is 5. The summed E-state index contributed by atoms with van der Waals surface area (Å²) < 4.78 is 4.89. The van der Waals surface area contributed by atoms with Gasteiger partial charge >= 0.3 is 0 Å². The van der Waals surface area contributed by atoms with E-state index in [1.807, 2.05) is 24.3 Å². The van der Waals surface area contributed by atoms with Gasteiger partial charge in [0.05, 0.1) is 50.7 Å². The molecule has 1 aliphatic heterocycles. The van der Waals surface area contributed by atoms with Crippen LogP contribution in [0, 0.1) is 0 Å². The second kappa shape index (κ2) is 16.0. The van der Waals surface area contributed by atoms with Crippen LogP contribution in [0.4, 0.5) is 17.1 Å². The molecule has 0 radical (unpaired) electrons. The molecule has 0 amide bonds. The molecular formula is C61H48N6. The first kappa shape index (κ1) is 40.2. The Morgan fingerprint density at radius 3 is 1.70 bits per heavy atom. The number of para-hydroxylation sites is 5. The van der Waals surface area contributed by atoms with Crippen LogP contribution in [0.2, 0.25) is 0 Å². The smallest absolute Gasteiger partial charge is 0.163 e. The number of rotatable bonds is 8. The van der Waals surface area contributed by atoms with Crippen molar-refractivity contribution in [2.45, 2.75) is 38.5 Å². The van der Waals surface area contributed by atoms with Crippen LogP contribution in [0.5, 0.6) is 0 Å². The van der Waals surface area contributed by atoms with Gasteiger partial charge in [-0.15, -0.1) is 0 Å². The quantitative estimate of drug-likeness (QED) is 0.153. The van der Waals surface area contributed by atoms with Gasteiger partial charge in [-0.3, -0.25) is 0 Å². The first-order valence-electron chi connectivity index (χ1n) is 23.1. The highest BCUT2D eigenvalue weighted by molar-refractivity contribution is 6.11. The van der Waals surface area contributed by atoms with Crippen LogP contribution < -0.4 is 4.90 Å². The Hall–Kier alpha value is -8.35. The summed E-state index contributed by atoms with van der Waals surface area (Å²) in [7, 11) is 0. The van der Waals surface area contributed by atoms with Gasteiger partial charge in [0.15, 0.2) is 11.6 Å². The lowest BCUT2D eigenvalue weighted by Gasteiger charge is -2.43. The SMILES string of the molecule is C=Cc1c(/C=C\C)n(-c2cc(-c3nc(-c4ccccc4)nc(C4C=CC=CC4)n3)cc(-n3c4ccccc4c4ccccc43)c2N2c3ccccc3C(C)(C)c3ccccc32)c2ccccc12. The van der Waals surface area contributed by atoms with E-state index in [0.717, 1.165) is 85.0 Å². The van der Waals surface area contributed by atoms with Gasteiger partial charge in [-0.2, -0.15) is 0 Å². The van der Waals surface area contributed by atoms with Gasteiger partial charge in [0.2, 0.25) is 0 Å². The van der Waals surface area contributed by atoms with Crippen molar-refractivity contribution in [1.29, 1.82) is 0 Å². The summed E-state index contributed by atoms with van der Waals surface area (Å²) in [5, 5.41) is 3.47. The Balaban J connectivity index is 1.30. The minimum Gasteiger partial charge on any atom is -0.307 e. The number of benzene rings is 7. The maximum absolute atomic E-state index is 5.44. The van der Waals surface area contributed by atoms with Crippen LogP contribution in [0.3, 0.4) is 0 Å². The molecule has 6 heteroatoms. The lowest BCUT2D eigenvalue weighted by Crippen LogP contribution is -2.31. The van der Waals surface area contributed by atoms with Crippen LogP contribution in [0.25, 0.3) is 79.0 Å². The fourth-order valence-corrected chi connectivity index (χ4v) is 10.7. The monoisotopic (exact) mass is 864 g/mol. The van der Waals surface area contributed by atoms with Gasteiger partial charge in [-0.25, -0.2) is 15.0 Å². The molecule has 322 valence electrons. The highest BCUT2D eigenvalue weighted by atomic mass is 15.2. The van der Waals surface area contributed by atoms with Crippen molar-refractivity contribution in [3.8, 4) is 34.2 Å². The van der Waals surface area contributed by atoms with Gasteiger partial charge in [0, 0.05) is 44.2 Å². The number of hydrogen-bond donors (Lipinski definition) is 0. The van der Waals surface area contributed by atoms with Crippen LogP contribution in [0.15, 0.2) is 201 Å². The zero-order chi connectivity index (χ0) is 45.2. The van der Waals surface area contributed by atoms with E-state index in [-0.39, 0.29) is 11.3 Å². The molecule has 0 saturated carbocycles. The Labute approximate surface area is 390 Å². The minimum atomic E-state index is -0.277. The predicted octanol–water partition coefficient (Wildman–Crippen LogP) is 15.6. The molecule has 10 aromatic rings. The fourth-order valence-electron chi connectivity index (χ4n) is 10.7. The van der Waals surface area contributed by atoms with Crippen molar-refractivity contribution >= 4 is 61.9 Å². The molecule has 1 atom stereocenters. The third-order valence-electron chi connectivity index (χ3n) is 13.7. The third kappa shape index (κ3) is 6.35. The molecule has 1 aliphatic carbocycles. The van der Waals surface area contributed by atoms with Gasteiger partial charge in [-0.1, -0.05) is 178 Å². The van der Waals surface area contributed by atoms with E-state index in [9.17, 15) is 0 Å². The van der Waals surface area contributed by atoms with Gasteiger partial charge < -0.3 is 14.0 Å². The first-order chi connectivity index (χ1) is 32.9. The summed E-state index contributed by atoms with van der Waals surface area (Å²) in [4.78, 5) is 18.5. The Morgan fingerprint density at radius 1 is 0.567 bits per heavy atom.